The van der Waals surface area contributed by atoms with E-state index >= 15 is 0 Å². The van der Waals surface area contributed by atoms with Crippen LogP contribution in [-0.2, 0) is 11.2 Å². The lowest BCUT2D eigenvalue weighted by atomic mass is 10.1. The molecule has 0 radical (unpaired) electrons. The molecule has 2 N–H and O–H groups in total. The zero-order valence-electron chi connectivity index (χ0n) is 16.0. The zero-order chi connectivity index (χ0) is 20.2. The lowest BCUT2D eigenvalue weighted by Crippen LogP contribution is -2.20. The summed E-state index contributed by atoms with van der Waals surface area (Å²) in [6.45, 7) is 0.862. The summed E-state index contributed by atoms with van der Waals surface area (Å²) in [5.41, 5.74) is 4.69. The third kappa shape index (κ3) is 4.27. The summed E-state index contributed by atoms with van der Waals surface area (Å²) in [7, 11) is 2.05. The van der Waals surface area contributed by atoms with E-state index in [0.717, 1.165) is 30.0 Å². The number of amides is 1. The smallest absolute Gasteiger partial charge is 0.257 e. The maximum absolute atomic E-state index is 13.3. The van der Waals surface area contributed by atoms with E-state index in [1.807, 2.05) is 55.7 Å². The van der Waals surface area contributed by atoms with Crippen molar-refractivity contribution in [1.82, 2.24) is 4.98 Å². The number of pyridine rings is 1. The molecule has 0 saturated carbocycles. The Balaban J connectivity index is 1.40. The number of likely N-dealkylation sites (N-methyl/N-ethyl adjacent to an activating group) is 1. The fourth-order valence-corrected chi connectivity index (χ4v) is 3.24. The Hall–Kier alpha value is -3.67. The molecule has 3 aromatic rings. The number of benzene rings is 2. The predicted molar refractivity (Wildman–Crippen MR) is 114 cm³/mol. The van der Waals surface area contributed by atoms with Crippen LogP contribution < -0.4 is 15.5 Å². The first kappa shape index (κ1) is 18.7. The van der Waals surface area contributed by atoms with E-state index in [0.29, 0.717) is 16.8 Å². The number of carbonyl (C=O) groups is 1. The summed E-state index contributed by atoms with van der Waals surface area (Å²) in [6.07, 6.45) is 4.33. The highest BCUT2D eigenvalue weighted by Gasteiger charge is 2.24. The van der Waals surface area contributed by atoms with E-state index in [1.54, 1.807) is 12.3 Å². The molecule has 1 aromatic heterocycles. The Bertz CT molecular complexity index is 1050. The van der Waals surface area contributed by atoms with E-state index in [1.165, 1.54) is 12.1 Å². The average Bonchev–Trinajstić information content (AvgIpc) is 3.05. The number of aromatic nitrogens is 1. The summed E-state index contributed by atoms with van der Waals surface area (Å²) in [5, 5.41) is 5.83. The van der Waals surface area contributed by atoms with Crippen LogP contribution >= 0.6 is 0 Å². The van der Waals surface area contributed by atoms with Crippen LogP contribution in [0.3, 0.4) is 0 Å². The Morgan fingerprint density at radius 3 is 2.72 bits per heavy atom. The SMILES string of the molecule is CN(CCc1ccccn1)c1ccc(N/C=C2\C(=O)Nc3cc(F)ccc32)cc1. The van der Waals surface area contributed by atoms with Gasteiger partial charge >= 0.3 is 0 Å². The summed E-state index contributed by atoms with van der Waals surface area (Å²) < 4.78 is 13.3. The Kier molecular flexibility index (Phi) is 5.24. The highest BCUT2D eigenvalue weighted by molar-refractivity contribution is 6.31. The molecule has 0 aliphatic carbocycles. The van der Waals surface area contributed by atoms with Crippen LogP contribution in [0.25, 0.3) is 5.57 Å². The van der Waals surface area contributed by atoms with Gasteiger partial charge < -0.3 is 15.5 Å². The van der Waals surface area contributed by atoms with Crippen molar-refractivity contribution in [3.63, 3.8) is 0 Å². The second kappa shape index (κ2) is 8.14. The third-order valence-corrected chi connectivity index (χ3v) is 4.89. The van der Waals surface area contributed by atoms with E-state index in [-0.39, 0.29) is 11.7 Å². The van der Waals surface area contributed by atoms with Gasteiger partial charge in [0.05, 0.1) is 11.3 Å². The van der Waals surface area contributed by atoms with Gasteiger partial charge in [0.1, 0.15) is 5.82 Å². The molecule has 146 valence electrons. The zero-order valence-corrected chi connectivity index (χ0v) is 16.0. The number of hydrogen-bond donors (Lipinski definition) is 2. The van der Waals surface area contributed by atoms with E-state index < -0.39 is 0 Å². The van der Waals surface area contributed by atoms with Crippen molar-refractivity contribution < 1.29 is 9.18 Å². The number of anilines is 3. The molecule has 0 spiro atoms. The second-order valence-electron chi connectivity index (χ2n) is 6.89. The molecule has 0 fully saturated rings. The van der Waals surface area contributed by atoms with E-state index in [2.05, 4.69) is 20.5 Å². The second-order valence-corrected chi connectivity index (χ2v) is 6.89. The van der Waals surface area contributed by atoms with Crippen LogP contribution in [0.4, 0.5) is 21.5 Å². The van der Waals surface area contributed by atoms with Gasteiger partial charge in [-0.05, 0) is 54.6 Å². The predicted octanol–water partition coefficient (Wildman–Crippen LogP) is 4.30. The van der Waals surface area contributed by atoms with Crippen LogP contribution in [-0.4, -0.2) is 24.5 Å². The minimum absolute atomic E-state index is 0.246. The molecule has 1 aliphatic heterocycles. The highest BCUT2D eigenvalue weighted by Crippen LogP contribution is 2.32. The van der Waals surface area contributed by atoms with Crippen molar-refractivity contribution in [1.29, 1.82) is 0 Å². The van der Waals surface area contributed by atoms with Crippen molar-refractivity contribution in [2.45, 2.75) is 6.42 Å². The Morgan fingerprint density at radius 2 is 1.97 bits per heavy atom. The minimum atomic E-state index is -0.374. The molecule has 1 amide bonds. The maximum Gasteiger partial charge on any atom is 0.257 e. The number of rotatable bonds is 6. The molecule has 0 unspecified atom stereocenters. The van der Waals surface area contributed by atoms with Gasteiger partial charge in [0, 0.05) is 55.0 Å². The van der Waals surface area contributed by atoms with Gasteiger partial charge in [-0.1, -0.05) is 6.07 Å². The monoisotopic (exact) mass is 388 g/mol. The first-order valence-corrected chi connectivity index (χ1v) is 9.39. The number of nitrogens with zero attached hydrogens (tertiary/aromatic N) is 2. The summed E-state index contributed by atoms with van der Waals surface area (Å²) in [6, 6.07) is 18.2. The number of hydrogen-bond acceptors (Lipinski definition) is 4. The van der Waals surface area contributed by atoms with E-state index in [4.69, 9.17) is 0 Å². The fraction of sp³-hybridized carbons (Fsp3) is 0.130. The molecule has 0 atom stereocenters. The standard InChI is InChI=1S/C23H21FN4O/c1-28(13-11-17-4-2-3-12-25-17)19-8-6-18(7-9-19)26-15-21-20-10-5-16(24)14-22(20)27-23(21)29/h2-10,12,14-15,26H,11,13H2,1H3,(H,27,29)/b21-15-. The van der Waals surface area contributed by atoms with Gasteiger partial charge in [0.25, 0.3) is 5.91 Å². The maximum atomic E-state index is 13.3. The fourth-order valence-electron chi connectivity index (χ4n) is 3.24. The summed E-state index contributed by atoms with van der Waals surface area (Å²) in [4.78, 5) is 18.7. The topological polar surface area (TPSA) is 57.3 Å². The highest BCUT2D eigenvalue weighted by atomic mass is 19.1. The van der Waals surface area contributed by atoms with Crippen molar-refractivity contribution in [3.8, 4) is 0 Å². The third-order valence-electron chi connectivity index (χ3n) is 4.89. The van der Waals surface area contributed by atoms with Crippen LogP contribution in [0.15, 0.2) is 73.1 Å². The van der Waals surface area contributed by atoms with Crippen molar-refractivity contribution in [2.24, 2.45) is 0 Å². The van der Waals surface area contributed by atoms with Gasteiger partial charge in [0.2, 0.25) is 0 Å². The Labute approximate surface area is 168 Å². The average molecular weight is 388 g/mol. The molecule has 2 heterocycles. The molecule has 0 saturated heterocycles. The van der Waals surface area contributed by atoms with Crippen molar-refractivity contribution in [2.75, 3.05) is 29.1 Å². The molecule has 1 aliphatic rings. The van der Waals surface area contributed by atoms with E-state index in [9.17, 15) is 9.18 Å². The first-order chi connectivity index (χ1) is 14.1. The van der Waals surface area contributed by atoms with Crippen LogP contribution in [0.2, 0.25) is 0 Å². The number of fused-ring (bicyclic) bond motifs is 1. The molecule has 29 heavy (non-hydrogen) atoms. The number of halogens is 1. The van der Waals surface area contributed by atoms with Gasteiger partial charge in [-0.2, -0.15) is 0 Å². The quantitative estimate of drug-likeness (QED) is 0.618. The van der Waals surface area contributed by atoms with Gasteiger partial charge in [-0.25, -0.2) is 4.39 Å². The molecular formula is C23H21FN4O. The molecule has 2 aromatic carbocycles. The Morgan fingerprint density at radius 1 is 1.14 bits per heavy atom. The van der Waals surface area contributed by atoms with Crippen LogP contribution in [0.5, 0.6) is 0 Å². The molecule has 0 bridgehead atoms. The summed E-state index contributed by atoms with van der Waals surface area (Å²) >= 11 is 0. The lowest BCUT2D eigenvalue weighted by Gasteiger charge is -2.19. The summed E-state index contributed by atoms with van der Waals surface area (Å²) in [5.74, 6) is -0.620. The van der Waals surface area contributed by atoms with Gasteiger partial charge in [-0.3, -0.25) is 9.78 Å². The molecular weight excluding hydrogens is 367 g/mol. The van der Waals surface area contributed by atoms with Gasteiger partial charge in [0.15, 0.2) is 0 Å². The number of carbonyl (C=O) groups excluding carboxylic acids is 1. The minimum Gasteiger partial charge on any atom is -0.374 e. The van der Waals surface area contributed by atoms with Crippen LogP contribution in [0.1, 0.15) is 11.3 Å². The first-order valence-electron chi connectivity index (χ1n) is 9.39. The van der Waals surface area contributed by atoms with Gasteiger partial charge in [-0.15, -0.1) is 0 Å². The molecule has 6 heteroatoms. The number of nitrogens with one attached hydrogen (secondary N) is 2. The lowest BCUT2D eigenvalue weighted by molar-refractivity contribution is -0.110. The largest absolute Gasteiger partial charge is 0.374 e. The normalized spacial score (nSPS) is 13.9. The van der Waals surface area contributed by atoms with Crippen LogP contribution in [0, 0.1) is 5.82 Å². The van der Waals surface area contributed by atoms with Crippen molar-refractivity contribution in [3.05, 3.63) is 90.1 Å². The van der Waals surface area contributed by atoms with Crippen molar-refractivity contribution >= 4 is 28.5 Å². The molecule has 4 rings (SSSR count). The molecule has 5 nitrogen and oxygen atoms in total.